The Labute approximate surface area is 101 Å². The monoisotopic (exact) mass is 227 g/mol. The number of nitrogens with one attached hydrogen (secondary N) is 1. The second kappa shape index (κ2) is 7.29. The summed E-state index contributed by atoms with van der Waals surface area (Å²) < 4.78 is 5.87. The molecule has 0 aromatic rings. The van der Waals surface area contributed by atoms with Crippen molar-refractivity contribution in [2.24, 2.45) is 0 Å². The van der Waals surface area contributed by atoms with Crippen LogP contribution in [0, 0.1) is 0 Å². The molecular weight excluding hydrogens is 198 g/mol. The molecule has 0 atom stereocenters. The maximum atomic E-state index is 5.87. The minimum Gasteiger partial charge on any atom is -0.376 e. The lowest BCUT2D eigenvalue weighted by molar-refractivity contribution is -0.0168. The summed E-state index contributed by atoms with van der Waals surface area (Å²) in [6.45, 7) is 8.81. The SMILES string of the molecule is CCC(CC)NC1CCC(OC(C)C)CC1. The van der Waals surface area contributed by atoms with Crippen molar-refractivity contribution in [2.75, 3.05) is 0 Å². The van der Waals surface area contributed by atoms with Crippen LogP contribution in [-0.4, -0.2) is 24.3 Å². The van der Waals surface area contributed by atoms with Gasteiger partial charge in [0.15, 0.2) is 0 Å². The van der Waals surface area contributed by atoms with Gasteiger partial charge >= 0.3 is 0 Å². The van der Waals surface area contributed by atoms with Gasteiger partial charge in [-0.3, -0.25) is 0 Å². The van der Waals surface area contributed by atoms with Gasteiger partial charge in [0.25, 0.3) is 0 Å². The molecule has 96 valence electrons. The van der Waals surface area contributed by atoms with Gasteiger partial charge in [-0.05, 0) is 52.4 Å². The first-order chi connectivity index (χ1) is 7.65. The van der Waals surface area contributed by atoms with Gasteiger partial charge in [0.2, 0.25) is 0 Å². The molecule has 0 radical (unpaired) electrons. The third kappa shape index (κ3) is 4.84. The second-order valence-electron chi connectivity index (χ2n) is 5.34. The molecule has 1 N–H and O–H groups in total. The number of hydrogen-bond donors (Lipinski definition) is 1. The van der Waals surface area contributed by atoms with Gasteiger partial charge in [0, 0.05) is 12.1 Å². The summed E-state index contributed by atoms with van der Waals surface area (Å²) in [4.78, 5) is 0. The van der Waals surface area contributed by atoms with Crippen LogP contribution in [0.15, 0.2) is 0 Å². The highest BCUT2D eigenvalue weighted by Gasteiger charge is 2.23. The third-order valence-electron chi connectivity index (χ3n) is 3.60. The van der Waals surface area contributed by atoms with Crippen LogP contribution < -0.4 is 5.32 Å². The molecule has 1 rings (SSSR count). The van der Waals surface area contributed by atoms with Gasteiger partial charge in [0.05, 0.1) is 12.2 Å². The van der Waals surface area contributed by atoms with Crippen LogP contribution in [0.2, 0.25) is 0 Å². The van der Waals surface area contributed by atoms with Crippen molar-refractivity contribution in [1.82, 2.24) is 5.32 Å². The number of rotatable bonds is 6. The van der Waals surface area contributed by atoms with Crippen LogP contribution in [0.3, 0.4) is 0 Å². The quantitative estimate of drug-likeness (QED) is 0.750. The zero-order chi connectivity index (χ0) is 12.0. The van der Waals surface area contributed by atoms with Crippen LogP contribution in [-0.2, 0) is 4.74 Å². The summed E-state index contributed by atoms with van der Waals surface area (Å²) in [5, 5.41) is 3.77. The number of hydrogen-bond acceptors (Lipinski definition) is 2. The Morgan fingerprint density at radius 1 is 1.06 bits per heavy atom. The Kier molecular flexibility index (Phi) is 6.37. The Morgan fingerprint density at radius 2 is 1.62 bits per heavy atom. The highest BCUT2D eigenvalue weighted by molar-refractivity contribution is 4.80. The average Bonchev–Trinajstić information content (AvgIpc) is 2.27. The molecule has 0 amide bonds. The summed E-state index contributed by atoms with van der Waals surface area (Å²) in [5.41, 5.74) is 0. The molecule has 0 aromatic carbocycles. The van der Waals surface area contributed by atoms with Gasteiger partial charge in [-0.2, -0.15) is 0 Å². The van der Waals surface area contributed by atoms with Crippen molar-refractivity contribution in [2.45, 2.75) is 90.5 Å². The second-order valence-corrected chi connectivity index (χ2v) is 5.34. The molecule has 2 heteroatoms. The van der Waals surface area contributed by atoms with E-state index in [2.05, 4.69) is 33.0 Å². The van der Waals surface area contributed by atoms with Crippen LogP contribution >= 0.6 is 0 Å². The molecule has 0 spiro atoms. The van der Waals surface area contributed by atoms with E-state index in [-0.39, 0.29) is 0 Å². The predicted molar refractivity (Wildman–Crippen MR) is 69.8 cm³/mol. The summed E-state index contributed by atoms with van der Waals surface area (Å²) >= 11 is 0. The standard InChI is InChI=1S/C14H29NO/c1-5-12(6-2)15-13-7-9-14(10-8-13)16-11(3)4/h11-15H,5-10H2,1-4H3. The summed E-state index contributed by atoms with van der Waals surface area (Å²) in [5.74, 6) is 0. The molecule has 16 heavy (non-hydrogen) atoms. The van der Waals surface area contributed by atoms with E-state index in [1.807, 2.05) is 0 Å². The van der Waals surface area contributed by atoms with Crippen molar-refractivity contribution in [1.29, 1.82) is 0 Å². The largest absolute Gasteiger partial charge is 0.376 e. The lowest BCUT2D eigenvalue weighted by atomic mass is 9.92. The fraction of sp³-hybridized carbons (Fsp3) is 1.00. The molecule has 0 heterocycles. The summed E-state index contributed by atoms with van der Waals surface area (Å²) in [6.07, 6.45) is 8.43. The zero-order valence-corrected chi connectivity index (χ0v) is 11.5. The van der Waals surface area contributed by atoms with Gasteiger partial charge in [-0.1, -0.05) is 13.8 Å². The molecule has 0 aromatic heterocycles. The van der Waals surface area contributed by atoms with E-state index in [4.69, 9.17) is 4.74 Å². The molecular formula is C14H29NO. The van der Waals surface area contributed by atoms with Gasteiger partial charge in [0.1, 0.15) is 0 Å². The normalized spacial score (nSPS) is 26.6. The van der Waals surface area contributed by atoms with E-state index in [0.29, 0.717) is 18.2 Å². The molecule has 0 unspecified atom stereocenters. The summed E-state index contributed by atoms with van der Waals surface area (Å²) in [6, 6.07) is 1.45. The van der Waals surface area contributed by atoms with Crippen LogP contribution in [0.25, 0.3) is 0 Å². The first-order valence-electron chi connectivity index (χ1n) is 7.07. The summed E-state index contributed by atoms with van der Waals surface area (Å²) in [7, 11) is 0. The Balaban J connectivity index is 2.21. The highest BCUT2D eigenvalue weighted by atomic mass is 16.5. The van der Waals surface area contributed by atoms with Crippen LogP contribution in [0.1, 0.15) is 66.2 Å². The molecule has 0 bridgehead atoms. The van der Waals surface area contributed by atoms with E-state index in [0.717, 1.165) is 6.04 Å². The first kappa shape index (κ1) is 14.0. The van der Waals surface area contributed by atoms with Gasteiger partial charge < -0.3 is 10.1 Å². The fourth-order valence-electron chi connectivity index (χ4n) is 2.61. The molecule has 1 aliphatic carbocycles. The molecule has 2 nitrogen and oxygen atoms in total. The van der Waals surface area contributed by atoms with E-state index < -0.39 is 0 Å². The lowest BCUT2D eigenvalue weighted by Gasteiger charge is -2.32. The Bertz CT molecular complexity index is 170. The number of ether oxygens (including phenoxy) is 1. The zero-order valence-electron chi connectivity index (χ0n) is 11.5. The molecule has 0 saturated heterocycles. The Morgan fingerprint density at radius 3 is 2.06 bits per heavy atom. The topological polar surface area (TPSA) is 21.3 Å². The minimum absolute atomic E-state index is 0.383. The maximum absolute atomic E-state index is 5.87. The van der Waals surface area contributed by atoms with E-state index >= 15 is 0 Å². The van der Waals surface area contributed by atoms with Gasteiger partial charge in [-0.25, -0.2) is 0 Å². The lowest BCUT2D eigenvalue weighted by Crippen LogP contribution is -2.41. The average molecular weight is 227 g/mol. The van der Waals surface area contributed by atoms with Crippen molar-refractivity contribution < 1.29 is 4.74 Å². The van der Waals surface area contributed by atoms with E-state index in [1.54, 1.807) is 0 Å². The van der Waals surface area contributed by atoms with Crippen molar-refractivity contribution in [3.05, 3.63) is 0 Å². The smallest absolute Gasteiger partial charge is 0.0579 e. The first-order valence-corrected chi connectivity index (χ1v) is 7.07. The van der Waals surface area contributed by atoms with Gasteiger partial charge in [-0.15, -0.1) is 0 Å². The third-order valence-corrected chi connectivity index (χ3v) is 3.60. The molecule has 1 fully saturated rings. The van der Waals surface area contributed by atoms with E-state index in [9.17, 15) is 0 Å². The van der Waals surface area contributed by atoms with Crippen LogP contribution in [0.5, 0.6) is 0 Å². The highest BCUT2D eigenvalue weighted by Crippen LogP contribution is 2.23. The molecule has 1 saturated carbocycles. The predicted octanol–water partition coefficient (Wildman–Crippen LogP) is 3.50. The Hall–Kier alpha value is -0.0800. The maximum Gasteiger partial charge on any atom is 0.0579 e. The molecule has 1 aliphatic rings. The minimum atomic E-state index is 0.383. The van der Waals surface area contributed by atoms with Crippen molar-refractivity contribution in [3.63, 3.8) is 0 Å². The van der Waals surface area contributed by atoms with Crippen LogP contribution in [0.4, 0.5) is 0 Å². The fourth-order valence-corrected chi connectivity index (χ4v) is 2.61. The molecule has 0 aliphatic heterocycles. The van der Waals surface area contributed by atoms with Crippen molar-refractivity contribution in [3.8, 4) is 0 Å². The van der Waals surface area contributed by atoms with E-state index in [1.165, 1.54) is 38.5 Å². The van der Waals surface area contributed by atoms with Crippen molar-refractivity contribution >= 4 is 0 Å².